The molecule has 0 amide bonds. The topological polar surface area (TPSA) is 74.6 Å². The highest BCUT2D eigenvalue weighted by Crippen LogP contribution is 2.50. The fraction of sp³-hybridized carbons (Fsp3) is 0.214. The van der Waals surface area contributed by atoms with Gasteiger partial charge in [-0.25, -0.2) is 0 Å². The van der Waals surface area contributed by atoms with Crippen LogP contribution in [0.4, 0.5) is 0 Å². The Kier molecular flexibility index (Phi) is 5.14. The zero-order valence-electron chi connectivity index (χ0n) is 17.5. The van der Waals surface area contributed by atoms with Crippen molar-refractivity contribution in [2.75, 3.05) is 0 Å². The molecular weight excluding hydrogens is 400 g/mol. The summed E-state index contributed by atoms with van der Waals surface area (Å²) < 4.78 is 0. The van der Waals surface area contributed by atoms with E-state index in [1.54, 1.807) is 0 Å². The second-order valence-electron chi connectivity index (χ2n) is 8.71. The number of carboxylic acid groups (broad SMARTS) is 2. The lowest BCUT2D eigenvalue weighted by Crippen LogP contribution is -1.99. The van der Waals surface area contributed by atoms with E-state index in [1.165, 1.54) is 32.7 Å². The van der Waals surface area contributed by atoms with Crippen LogP contribution in [0.2, 0.25) is 0 Å². The van der Waals surface area contributed by atoms with Crippen LogP contribution in [0.3, 0.4) is 0 Å². The van der Waals surface area contributed by atoms with E-state index < -0.39 is 11.9 Å². The molecule has 2 aliphatic rings. The molecule has 2 aliphatic carbocycles. The molecule has 0 aromatic heterocycles. The highest BCUT2D eigenvalue weighted by Gasteiger charge is 2.45. The van der Waals surface area contributed by atoms with Gasteiger partial charge in [-0.15, -0.1) is 0 Å². The molecule has 4 aromatic carbocycles. The molecule has 0 spiro atoms. The molecule has 4 atom stereocenters. The van der Waals surface area contributed by atoms with Gasteiger partial charge in [-0.2, -0.15) is 0 Å². The lowest BCUT2D eigenvalue weighted by Gasteiger charge is -2.04. The van der Waals surface area contributed by atoms with E-state index >= 15 is 0 Å². The lowest BCUT2D eigenvalue weighted by atomic mass is 10.0. The molecule has 4 heteroatoms. The zero-order valence-corrected chi connectivity index (χ0v) is 17.5. The number of benzene rings is 4. The predicted octanol–water partition coefficient (Wildman–Crippen LogP) is 6.06. The molecule has 4 nitrogen and oxygen atoms in total. The summed E-state index contributed by atoms with van der Waals surface area (Å²) in [4.78, 5) is 21.8. The van der Waals surface area contributed by atoms with Gasteiger partial charge in [-0.3, -0.25) is 9.59 Å². The first kappa shape index (κ1) is 20.3. The predicted molar refractivity (Wildman–Crippen MR) is 125 cm³/mol. The van der Waals surface area contributed by atoms with Crippen LogP contribution in [0.5, 0.6) is 0 Å². The minimum atomic E-state index is -0.669. The minimum Gasteiger partial charge on any atom is -0.481 e. The van der Waals surface area contributed by atoms with Gasteiger partial charge in [0.25, 0.3) is 0 Å². The van der Waals surface area contributed by atoms with Crippen molar-refractivity contribution in [3.63, 3.8) is 0 Å². The Morgan fingerprint density at radius 1 is 0.562 bits per heavy atom. The first-order valence-electron chi connectivity index (χ1n) is 11.0. The highest BCUT2D eigenvalue weighted by atomic mass is 16.4. The summed E-state index contributed by atoms with van der Waals surface area (Å²) in [5.41, 5.74) is 2.37. The zero-order chi connectivity index (χ0) is 22.2. The van der Waals surface area contributed by atoms with Crippen LogP contribution in [-0.4, -0.2) is 22.2 Å². The molecule has 160 valence electrons. The second-order valence-corrected chi connectivity index (χ2v) is 8.71. The van der Waals surface area contributed by atoms with Gasteiger partial charge in [0.05, 0.1) is 11.8 Å². The van der Waals surface area contributed by atoms with Crippen LogP contribution in [0.25, 0.3) is 21.5 Å². The van der Waals surface area contributed by atoms with Crippen LogP contribution in [0.15, 0.2) is 84.9 Å². The Labute approximate surface area is 186 Å². The van der Waals surface area contributed by atoms with Crippen LogP contribution in [0, 0.1) is 11.8 Å². The van der Waals surface area contributed by atoms with Crippen molar-refractivity contribution in [1.29, 1.82) is 0 Å². The molecule has 0 saturated heterocycles. The Hall–Kier alpha value is -3.66. The maximum atomic E-state index is 10.9. The summed E-state index contributed by atoms with van der Waals surface area (Å²) in [6, 6.07) is 28.6. The largest absolute Gasteiger partial charge is 0.481 e. The number of hydrogen-bond donors (Lipinski definition) is 2. The molecule has 2 saturated carbocycles. The standard InChI is InChI=1S/2C14H12O2/c2*15-14(16)13-8-12(13)11-7-3-5-9-4-1-2-6-10(9)11/h2*1-7,12-13H,8H2,(H,15,16). The van der Waals surface area contributed by atoms with Gasteiger partial charge in [0.1, 0.15) is 0 Å². The van der Waals surface area contributed by atoms with E-state index in [0.29, 0.717) is 0 Å². The number of carboxylic acids is 2. The molecule has 0 aliphatic heterocycles. The van der Waals surface area contributed by atoms with Gasteiger partial charge < -0.3 is 10.2 Å². The van der Waals surface area contributed by atoms with Crippen molar-refractivity contribution in [1.82, 2.24) is 0 Å². The van der Waals surface area contributed by atoms with Crippen LogP contribution in [0.1, 0.15) is 35.8 Å². The van der Waals surface area contributed by atoms with E-state index in [1.807, 2.05) is 36.4 Å². The van der Waals surface area contributed by atoms with Crippen molar-refractivity contribution < 1.29 is 19.8 Å². The quantitative estimate of drug-likeness (QED) is 0.418. The normalized spacial score (nSPS) is 23.2. The molecule has 4 unspecified atom stereocenters. The van der Waals surface area contributed by atoms with Crippen LogP contribution >= 0.6 is 0 Å². The van der Waals surface area contributed by atoms with Crippen molar-refractivity contribution in [3.8, 4) is 0 Å². The molecule has 0 bridgehead atoms. The van der Waals surface area contributed by atoms with Crippen LogP contribution in [-0.2, 0) is 9.59 Å². The third-order valence-corrected chi connectivity index (χ3v) is 6.66. The van der Waals surface area contributed by atoms with Crippen molar-refractivity contribution in [2.24, 2.45) is 11.8 Å². The molecule has 2 N–H and O–H groups in total. The second kappa shape index (κ2) is 8.12. The van der Waals surface area contributed by atoms with E-state index in [-0.39, 0.29) is 23.7 Å². The van der Waals surface area contributed by atoms with E-state index in [4.69, 9.17) is 10.2 Å². The SMILES string of the molecule is O=C(O)C1CC1c1cccc2ccccc12.O=C(O)C1CC1c1cccc2ccccc12. The van der Waals surface area contributed by atoms with Crippen LogP contribution < -0.4 is 0 Å². The van der Waals surface area contributed by atoms with Gasteiger partial charge in [-0.1, -0.05) is 84.9 Å². The minimum absolute atomic E-state index is 0.175. The summed E-state index contributed by atoms with van der Waals surface area (Å²) in [6.45, 7) is 0. The summed E-state index contributed by atoms with van der Waals surface area (Å²) in [6.07, 6.45) is 1.56. The smallest absolute Gasteiger partial charge is 0.307 e. The fourth-order valence-electron chi connectivity index (χ4n) is 4.77. The number of carbonyl (C=O) groups is 2. The Balaban J connectivity index is 0.000000135. The lowest BCUT2D eigenvalue weighted by molar-refractivity contribution is -0.139. The Bertz CT molecular complexity index is 1210. The maximum absolute atomic E-state index is 10.9. The highest BCUT2D eigenvalue weighted by molar-refractivity contribution is 5.89. The Morgan fingerprint density at radius 2 is 0.938 bits per heavy atom. The van der Waals surface area contributed by atoms with E-state index in [9.17, 15) is 9.59 Å². The summed E-state index contributed by atoms with van der Waals surface area (Å²) >= 11 is 0. The van der Waals surface area contributed by atoms with Crippen molar-refractivity contribution in [3.05, 3.63) is 96.1 Å². The number of fused-ring (bicyclic) bond motifs is 2. The van der Waals surface area contributed by atoms with Crippen molar-refractivity contribution in [2.45, 2.75) is 24.7 Å². The average Bonchev–Trinajstić information content (AvgIpc) is 3.72. The van der Waals surface area contributed by atoms with E-state index in [0.717, 1.165) is 12.8 Å². The van der Waals surface area contributed by atoms with Gasteiger partial charge >= 0.3 is 11.9 Å². The van der Waals surface area contributed by atoms with Crippen molar-refractivity contribution >= 4 is 33.5 Å². The number of aliphatic carboxylic acids is 2. The number of hydrogen-bond acceptors (Lipinski definition) is 2. The maximum Gasteiger partial charge on any atom is 0.307 e. The number of rotatable bonds is 4. The van der Waals surface area contributed by atoms with Gasteiger partial charge in [0.15, 0.2) is 0 Å². The van der Waals surface area contributed by atoms with Gasteiger partial charge in [-0.05, 0) is 57.3 Å². The Morgan fingerprint density at radius 3 is 1.31 bits per heavy atom. The summed E-state index contributed by atoms with van der Waals surface area (Å²) in [5.74, 6) is -1.26. The molecule has 32 heavy (non-hydrogen) atoms. The third kappa shape index (κ3) is 3.84. The van der Waals surface area contributed by atoms with Gasteiger partial charge in [0.2, 0.25) is 0 Å². The molecule has 6 rings (SSSR count). The van der Waals surface area contributed by atoms with E-state index in [2.05, 4.69) is 48.5 Å². The fourth-order valence-corrected chi connectivity index (χ4v) is 4.77. The van der Waals surface area contributed by atoms with Gasteiger partial charge in [0, 0.05) is 0 Å². The monoisotopic (exact) mass is 424 g/mol. The first-order chi connectivity index (χ1) is 15.5. The summed E-state index contributed by atoms with van der Waals surface area (Å²) in [7, 11) is 0. The average molecular weight is 424 g/mol. The molecule has 4 aromatic rings. The molecule has 2 fully saturated rings. The first-order valence-corrected chi connectivity index (χ1v) is 11.0. The third-order valence-electron chi connectivity index (χ3n) is 6.66. The molecular formula is C28H24O4. The molecule has 0 heterocycles. The molecule has 0 radical (unpaired) electrons. The summed E-state index contributed by atoms with van der Waals surface area (Å²) in [5, 5.41) is 22.7.